The van der Waals surface area contributed by atoms with E-state index >= 15 is 0 Å². The molecule has 6 rings (SSSR count). The summed E-state index contributed by atoms with van der Waals surface area (Å²) in [5.74, 6) is 2.30. The number of ether oxygens (including phenoxy) is 1. The SMILES string of the molecule is COc1ccccc1S.Nc1noc2c1CC1(CC1)c1ccc(N3CCC3)cc1-2. The molecule has 150 valence electrons. The molecule has 0 amide bonds. The molecule has 5 nitrogen and oxygen atoms in total. The number of methoxy groups -OCH3 is 1. The zero-order valence-corrected chi connectivity index (χ0v) is 17.4. The highest BCUT2D eigenvalue weighted by Crippen LogP contribution is 2.58. The first kappa shape index (κ1) is 18.4. The van der Waals surface area contributed by atoms with Gasteiger partial charge in [0.25, 0.3) is 0 Å². The third-order valence-electron chi connectivity index (χ3n) is 6.31. The van der Waals surface area contributed by atoms with Crippen molar-refractivity contribution < 1.29 is 9.26 Å². The number of fused-ring (bicyclic) bond motifs is 4. The van der Waals surface area contributed by atoms with Crippen molar-refractivity contribution in [2.75, 3.05) is 30.8 Å². The molecule has 1 aromatic heterocycles. The van der Waals surface area contributed by atoms with Crippen molar-refractivity contribution in [1.29, 1.82) is 0 Å². The van der Waals surface area contributed by atoms with Gasteiger partial charge in [0.15, 0.2) is 11.6 Å². The molecular weight excluding hydrogens is 382 g/mol. The fourth-order valence-electron chi connectivity index (χ4n) is 4.32. The van der Waals surface area contributed by atoms with Gasteiger partial charge in [-0.1, -0.05) is 23.4 Å². The summed E-state index contributed by atoms with van der Waals surface area (Å²) in [7, 11) is 1.63. The number of rotatable bonds is 2. The average molecular weight is 408 g/mol. The normalized spacial score (nSPS) is 17.5. The molecule has 2 fully saturated rings. The lowest BCUT2D eigenvalue weighted by Crippen LogP contribution is -2.37. The van der Waals surface area contributed by atoms with Gasteiger partial charge in [-0.15, -0.1) is 12.6 Å². The maximum atomic E-state index is 5.99. The van der Waals surface area contributed by atoms with Gasteiger partial charge in [-0.3, -0.25) is 0 Å². The van der Waals surface area contributed by atoms with Crippen molar-refractivity contribution in [2.45, 2.75) is 36.0 Å². The summed E-state index contributed by atoms with van der Waals surface area (Å²) in [6.45, 7) is 2.32. The molecule has 1 spiro atoms. The van der Waals surface area contributed by atoms with Crippen LogP contribution in [0.1, 0.15) is 30.4 Å². The molecule has 1 saturated carbocycles. The summed E-state index contributed by atoms with van der Waals surface area (Å²) < 4.78 is 10.5. The standard InChI is InChI=1S/C16H17N3O.C7H8OS/c17-15-12-9-16(4-5-16)13-3-2-10(19-6-1-7-19)8-11(13)14(12)20-18-15;1-8-6-4-2-3-5-7(6)9/h2-3,8H,1,4-7,9H2,(H2,17,18);2-5,9H,1H3. The van der Waals surface area contributed by atoms with Crippen molar-refractivity contribution in [3.05, 3.63) is 53.6 Å². The maximum Gasteiger partial charge on any atom is 0.172 e. The van der Waals surface area contributed by atoms with E-state index < -0.39 is 0 Å². The summed E-state index contributed by atoms with van der Waals surface area (Å²) in [5, 5.41) is 3.99. The van der Waals surface area contributed by atoms with Crippen LogP contribution in [0.4, 0.5) is 11.5 Å². The number of hydrogen-bond acceptors (Lipinski definition) is 6. The van der Waals surface area contributed by atoms with E-state index in [-0.39, 0.29) is 0 Å². The van der Waals surface area contributed by atoms with Gasteiger partial charge in [-0.05, 0) is 55.5 Å². The molecule has 1 saturated heterocycles. The fourth-order valence-corrected chi connectivity index (χ4v) is 4.57. The summed E-state index contributed by atoms with van der Waals surface area (Å²) in [4.78, 5) is 3.29. The van der Waals surface area contributed by atoms with Crippen LogP contribution in [-0.4, -0.2) is 25.4 Å². The van der Waals surface area contributed by atoms with Crippen molar-refractivity contribution in [1.82, 2.24) is 5.16 Å². The number of hydrogen-bond donors (Lipinski definition) is 2. The van der Waals surface area contributed by atoms with E-state index in [0.29, 0.717) is 11.2 Å². The number of para-hydroxylation sites is 1. The maximum absolute atomic E-state index is 5.99. The van der Waals surface area contributed by atoms with Crippen LogP contribution >= 0.6 is 12.6 Å². The van der Waals surface area contributed by atoms with Crippen LogP contribution in [-0.2, 0) is 11.8 Å². The molecule has 1 aliphatic heterocycles. The lowest BCUT2D eigenvalue weighted by atomic mass is 9.79. The van der Waals surface area contributed by atoms with Crippen LogP contribution in [0.3, 0.4) is 0 Å². The number of nitrogens with zero attached hydrogens (tertiary/aromatic N) is 2. The highest BCUT2D eigenvalue weighted by Gasteiger charge is 2.50. The monoisotopic (exact) mass is 407 g/mol. The molecule has 0 atom stereocenters. The predicted octanol–water partition coefficient (Wildman–Crippen LogP) is 4.71. The van der Waals surface area contributed by atoms with E-state index in [1.54, 1.807) is 7.11 Å². The topological polar surface area (TPSA) is 64.5 Å². The first-order valence-corrected chi connectivity index (χ1v) is 10.5. The Morgan fingerprint density at radius 3 is 2.59 bits per heavy atom. The van der Waals surface area contributed by atoms with Crippen LogP contribution in [0.15, 0.2) is 51.9 Å². The predicted molar refractivity (Wildman–Crippen MR) is 118 cm³/mol. The Morgan fingerprint density at radius 2 is 1.97 bits per heavy atom. The highest BCUT2D eigenvalue weighted by molar-refractivity contribution is 7.80. The van der Waals surface area contributed by atoms with Crippen molar-refractivity contribution >= 4 is 24.1 Å². The van der Waals surface area contributed by atoms with Crippen LogP contribution < -0.4 is 15.4 Å². The number of aromatic nitrogens is 1. The second kappa shape index (κ2) is 7.02. The minimum absolute atomic E-state index is 0.315. The number of nitrogens with two attached hydrogens (primary N) is 1. The van der Waals surface area contributed by atoms with Gasteiger partial charge >= 0.3 is 0 Å². The first-order chi connectivity index (χ1) is 14.1. The zero-order chi connectivity index (χ0) is 20.0. The van der Waals surface area contributed by atoms with E-state index in [1.807, 2.05) is 24.3 Å². The second-order valence-electron chi connectivity index (χ2n) is 8.07. The highest BCUT2D eigenvalue weighted by atomic mass is 32.1. The second-order valence-corrected chi connectivity index (χ2v) is 8.56. The van der Waals surface area contributed by atoms with E-state index in [2.05, 4.69) is 40.9 Å². The van der Waals surface area contributed by atoms with E-state index in [9.17, 15) is 0 Å². The molecule has 6 heteroatoms. The minimum atomic E-state index is 0.315. The molecule has 2 aromatic carbocycles. The molecule has 29 heavy (non-hydrogen) atoms. The molecule has 0 unspecified atom stereocenters. The Balaban J connectivity index is 0.000000171. The Labute approximate surface area is 176 Å². The molecule has 3 aliphatic rings. The van der Waals surface area contributed by atoms with Crippen LogP contribution in [0.2, 0.25) is 0 Å². The van der Waals surface area contributed by atoms with Gasteiger partial charge in [0.05, 0.1) is 7.11 Å². The Kier molecular flexibility index (Phi) is 4.46. The van der Waals surface area contributed by atoms with Crippen molar-refractivity contribution in [2.24, 2.45) is 0 Å². The minimum Gasteiger partial charge on any atom is -0.496 e. The van der Waals surface area contributed by atoms with Crippen LogP contribution in [0.25, 0.3) is 11.3 Å². The third kappa shape index (κ3) is 3.15. The van der Waals surface area contributed by atoms with Gasteiger partial charge in [-0.2, -0.15) is 0 Å². The third-order valence-corrected chi connectivity index (χ3v) is 6.68. The lowest BCUT2D eigenvalue weighted by Gasteiger charge is -2.34. The zero-order valence-electron chi connectivity index (χ0n) is 16.5. The first-order valence-electron chi connectivity index (χ1n) is 10.1. The van der Waals surface area contributed by atoms with Crippen molar-refractivity contribution in [3.63, 3.8) is 0 Å². The number of benzene rings is 2. The van der Waals surface area contributed by atoms with E-state index in [4.69, 9.17) is 15.0 Å². The van der Waals surface area contributed by atoms with Gasteiger partial charge in [0.2, 0.25) is 0 Å². The van der Waals surface area contributed by atoms with Gasteiger partial charge < -0.3 is 19.9 Å². The Hall–Kier alpha value is -2.60. The quantitative estimate of drug-likeness (QED) is 0.603. The smallest absolute Gasteiger partial charge is 0.172 e. The lowest BCUT2D eigenvalue weighted by molar-refractivity contribution is 0.405. The molecule has 3 aromatic rings. The Bertz CT molecular complexity index is 1050. The fraction of sp³-hybridized carbons (Fsp3) is 0.348. The molecule has 2 aliphatic carbocycles. The molecular formula is C23H25N3O2S. The van der Waals surface area contributed by atoms with Crippen LogP contribution in [0.5, 0.6) is 5.75 Å². The molecule has 0 radical (unpaired) electrons. The number of nitrogen functional groups attached to an aromatic ring is 1. The molecule has 0 bridgehead atoms. The summed E-state index contributed by atoms with van der Waals surface area (Å²) in [6, 6.07) is 14.4. The van der Waals surface area contributed by atoms with Crippen molar-refractivity contribution in [3.8, 4) is 17.1 Å². The van der Waals surface area contributed by atoms with Gasteiger partial charge in [0, 0.05) is 40.2 Å². The molecule has 2 heterocycles. The van der Waals surface area contributed by atoms with E-state index in [1.165, 1.54) is 36.1 Å². The average Bonchev–Trinajstić information content (AvgIpc) is 3.37. The van der Waals surface area contributed by atoms with Gasteiger partial charge in [-0.25, -0.2) is 0 Å². The largest absolute Gasteiger partial charge is 0.496 e. The summed E-state index contributed by atoms with van der Waals surface area (Å²) >= 11 is 4.15. The Morgan fingerprint density at radius 1 is 1.17 bits per heavy atom. The van der Waals surface area contributed by atoms with Gasteiger partial charge in [0.1, 0.15) is 5.75 Å². The summed E-state index contributed by atoms with van der Waals surface area (Å²) in [5.41, 5.74) is 11.4. The number of anilines is 2. The molecule has 2 N–H and O–H groups in total. The van der Waals surface area contributed by atoms with E-state index in [0.717, 1.165) is 41.5 Å². The summed E-state index contributed by atoms with van der Waals surface area (Å²) in [6.07, 6.45) is 4.80. The van der Waals surface area contributed by atoms with Crippen LogP contribution in [0, 0.1) is 0 Å². The number of thiol groups is 1.